The Kier molecular flexibility index (Phi) is 7.00. The molecule has 4 heterocycles. The number of hydrogen-bond acceptors (Lipinski definition) is 7. The number of pyridine rings is 1. The van der Waals surface area contributed by atoms with Crippen molar-refractivity contribution in [3.05, 3.63) is 59.8 Å². The molecule has 9 heteroatoms. The molecule has 0 aliphatic carbocycles. The zero-order chi connectivity index (χ0) is 25.2. The fourth-order valence-electron chi connectivity index (χ4n) is 4.74. The minimum absolute atomic E-state index is 0.0639. The summed E-state index contributed by atoms with van der Waals surface area (Å²) < 4.78 is 40.9. The summed E-state index contributed by atoms with van der Waals surface area (Å²) in [6, 6.07) is 7.52. The van der Waals surface area contributed by atoms with Crippen LogP contribution in [0.1, 0.15) is 38.2 Å². The fourth-order valence-corrected chi connectivity index (χ4v) is 4.74. The number of nitrogens with zero attached hydrogens (tertiary/aromatic N) is 5. The minimum Gasteiger partial charge on any atom is -0.486 e. The van der Waals surface area contributed by atoms with Gasteiger partial charge in [0.2, 0.25) is 0 Å². The van der Waals surface area contributed by atoms with Crippen LogP contribution in [0.25, 0.3) is 11.3 Å². The van der Waals surface area contributed by atoms with Crippen molar-refractivity contribution in [2.45, 2.75) is 45.2 Å². The highest BCUT2D eigenvalue weighted by molar-refractivity contribution is 5.72. The Bertz CT molecular complexity index is 1220. The van der Waals surface area contributed by atoms with Gasteiger partial charge in [0.15, 0.2) is 17.4 Å². The molecule has 1 saturated heterocycles. The largest absolute Gasteiger partial charge is 0.486 e. The first-order valence-electron chi connectivity index (χ1n) is 12.4. The maximum absolute atomic E-state index is 15.0. The van der Waals surface area contributed by atoms with Crippen LogP contribution in [0.15, 0.2) is 36.7 Å². The number of likely N-dealkylation sites (N-methyl/N-ethyl adjacent to an activating group) is 1. The van der Waals surface area contributed by atoms with E-state index in [4.69, 9.17) is 9.47 Å². The van der Waals surface area contributed by atoms with E-state index in [0.29, 0.717) is 42.7 Å². The SMILES string of the molecule is CCC(C)N1CCOc2c(F)cc(-c3nc(Cc4ccc(N(C)C5CCOC5)cn4)ncc3F)cc21. The van der Waals surface area contributed by atoms with Gasteiger partial charge in [-0.3, -0.25) is 4.98 Å². The highest BCUT2D eigenvalue weighted by Crippen LogP contribution is 2.39. The lowest BCUT2D eigenvalue weighted by Crippen LogP contribution is -2.39. The molecule has 5 rings (SSSR count). The van der Waals surface area contributed by atoms with E-state index in [1.807, 2.05) is 25.4 Å². The molecule has 0 spiro atoms. The van der Waals surface area contributed by atoms with Gasteiger partial charge < -0.3 is 19.3 Å². The van der Waals surface area contributed by atoms with Crippen molar-refractivity contribution in [1.29, 1.82) is 0 Å². The van der Waals surface area contributed by atoms with Crippen molar-refractivity contribution in [2.75, 3.05) is 43.2 Å². The van der Waals surface area contributed by atoms with Gasteiger partial charge in [0, 0.05) is 31.0 Å². The number of anilines is 2. The summed E-state index contributed by atoms with van der Waals surface area (Å²) in [5, 5.41) is 0. The Morgan fingerprint density at radius 2 is 2.00 bits per heavy atom. The summed E-state index contributed by atoms with van der Waals surface area (Å²) in [6.07, 6.45) is 5.18. The minimum atomic E-state index is -0.603. The summed E-state index contributed by atoms with van der Waals surface area (Å²) in [4.78, 5) is 17.5. The molecule has 1 aromatic carbocycles. The van der Waals surface area contributed by atoms with Crippen molar-refractivity contribution in [3.63, 3.8) is 0 Å². The average molecular weight is 496 g/mol. The number of ether oxygens (including phenoxy) is 2. The van der Waals surface area contributed by atoms with Crippen LogP contribution in [-0.4, -0.2) is 60.4 Å². The molecule has 0 bridgehead atoms. The van der Waals surface area contributed by atoms with Crippen molar-refractivity contribution >= 4 is 11.4 Å². The Morgan fingerprint density at radius 1 is 1.14 bits per heavy atom. The first kappa shape index (κ1) is 24.4. The van der Waals surface area contributed by atoms with E-state index >= 15 is 4.39 Å². The van der Waals surface area contributed by atoms with Gasteiger partial charge in [-0.15, -0.1) is 0 Å². The Hall–Kier alpha value is -3.33. The van der Waals surface area contributed by atoms with Crippen molar-refractivity contribution in [2.24, 2.45) is 0 Å². The summed E-state index contributed by atoms with van der Waals surface area (Å²) >= 11 is 0. The smallest absolute Gasteiger partial charge is 0.178 e. The lowest BCUT2D eigenvalue weighted by Gasteiger charge is -2.36. The second-order valence-corrected chi connectivity index (χ2v) is 9.40. The second-order valence-electron chi connectivity index (χ2n) is 9.40. The van der Waals surface area contributed by atoms with Gasteiger partial charge in [-0.2, -0.15) is 0 Å². The van der Waals surface area contributed by atoms with Gasteiger partial charge >= 0.3 is 0 Å². The summed E-state index contributed by atoms with van der Waals surface area (Å²) in [7, 11) is 2.04. The van der Waals surface area contributed by atoms with Crippen LogP contribution >= 0.6 is 0 Å². The number of rotatable bonds is 7. The van der Waals surface area contributed by atoms with Gasteiger partial charge in [-0.25, -0.2) is 18.7 Å². The molecule has 2 aliphatic rings. The van der Waals surface area contributed by atoms with Crippen molar-refractivity contribution in [1.82, 2.24) is 15.0 Å². The molecule has 2 atom stereocenters. The second kappa shape index (κ2) is 10.3. The van der Waals surface area contributed by atoms with Gasteiger partial charge in [0.05, 0.1) is 49.4 Å². The first-order chi connectivity index (χ1) is 17.4. The van der Waals surface area contributed by atoms with E-state index in [9.17, 15) is 4.39 Å². The van der Waals surface area contributed by atoms with Crippen LogP contribution in [-0.2, 0) is 11.2 Å². The molecule has 1 fully saturated rings. The molecule has 36 heavy (non-hydrogen) atoms. The van der Waals surface area contributed by atoms with E-state index in [1.165, 1.54) is 6.07 Å². The monoisotopic (exact) mass is 495 g/mol. The van der Waals surface area contributed by atoms with Crippen LogP contribution in [0.4, 0.5) is 20.2 Å². The molecule has 2 aliphatic heterocycles. The van der Waals surface area contributed by atoms with Crippen LogP contribution in [0, 0.1) is 11.6 Å². The Labute approximate surface area is 210 Å². The van der Waals surface area contributed by atoms with E-state index in [2.05, 4.69) is 38.6 Å². The molecule has 7 nitrogen and oxygen atoms in total. The number of benzene rings is 1. The third-order valence-corrected chi connectivity index (χ3v) is 7.11. The molecule has 0 saturated carbocycles. The van der Waals surface area contributed by atoms with Crippen LogP contribution < -0.4 is 14.5 Å². The van der Waals surface area contributed by atoms with Gasteiger partial charge in [-0.05, 0) is 44.0 Å². The number of fused-ring (bicyclic) bond motifs is 1. The van der Waals surface area contributed by atoms with Crippen LogP contribution in [0.2, 0.25) is 0 Å². The topological polar surface area (TPSA) is 63.6 Å². The molecular weight excluding hydrogens is 464 g/mol. The Morgan fingerprint density at radius 3 is 2.72 bits per heavy atom. The van der Waals surface area contributed by atoms with Gasteiger partial charge in [0.25, 0.3) is 0 Å². The summed E-state index contributed by atoms with van der Waals surface area (Å²) in [5.41, 5.74) is 2.82. The molecular formula is C27H31F2N5O2. The summed E-state index contributed by atoms with van der Waals surface area (Å²) in [6.45, 7) is 6.72. The molecule has 0 radical (unpaired) electrons. The van der Waals surface area contributed by atoms with Crippen LogP contribution in [0.5, 0.6) is 5.75 Å². The normalized spacial score (nSPS) is 18.0. The standard InChI is InChI=1S/C27H31F2N5O2/c1-4-17(2)34-8-10-36-27-22(28)11-18(12-24(27)34)26-23(29)15-31-25(32-26)13-19-5-6-20(14-30-19)33(3)21-7-9-35-16-21/h5-6,11-12,14-15,17,21H,4,7-10,13,16H2,1-3H3. The van der Waals surface area contributed by atoms with Crippen LogP contribution in [0.3, 0.4) is 0 Å². The zero-order valence-corrected chi connectivity index (χ0v) is 20.9. The van der Waals surface area contributed by atoms with Crippen molar-refractivity contribution in [3.8, 4) is 17.0 Å². The summed E-state index contributed by atoms with van der Waals surface area (Å²) in [5.74, 6) is -0.506. The highest BCUT2D eigenvalue weighted by Gasteiger charge is 2.27. The van der Waals surface area contributed by atoms with Gasteiger partial charge in [0.1, 0.15) is 18.1 Å². The molecule has 2 unspecified atom stereocenters. The molecule has 3 aromatic rings. The third-order valence-electron chi connectivity index (χ3n) is 7.11. The van der Waals surface area contributed by atoms with Crippen molar-refractivity contribution < 1.29 is 18.3 Å². The zero-order valence-electron chi connectivity index (χ0n) is 20.9. The predicted octanol–water partition coefficient (Wildman–Crippen LogP) is 4.63. The van der Waals surface area contributed by atoms with E-state index in [1.54, 1.807) is 6.07 Å². The van der Waals surface area contributed by atoms with Gasteiger partial charge in [-0.1, -0.05) is 6.92 Å². The quantitative estimate of drug-likeness (QED) is 0.474. The molecule has 0 N–H and O–H groups in total. The maximum atomic E-state index is 15.0. The highest BCUT2D eigenvalue weighted by atomic mass is 19.1. The first-order valence-corrected chi connectivity index (χ1v) is 12.4. The predicted molar refractivity (Wildman–Crippen MR) is 135 cm³/mol. The maximum Gasteiger partial charge on any atom is 0.178 e. The molecule has 0 amide bonds. The number of aromatic nitrogens is 3. The molecule has 2 aromatic heterocycles. The van der Waals surface area contributed by atoms with E-state index < -0.39 is 11.6 Å². The van der Waals surface area contributed by atoms with E-state index in [-0.39, 0.29) is 17.5 Å². The third kappa shape index (κ3) is 4.84. The number of hydrogen-bond donors (Lipinski definition) is 0. The Balaban J connectivity index is 1.40. The fraction of sp³-hybridized carbons (Fsp3) is 0.444. The lowest BCUT2D eigenvalue weighted by atomic mass is 10.1. The lowest BCUT2D eigenvalue weighted by molar-refractivity contribution is 0.193. The average Bonchev–Trinajstić information content (AvgIpc) is 3.44. The van der Waals surface area contributed by atoms with E-state index in [0.717, 1.165) is 43.6 Å². The molecule has 190 valence electrons. The number of halogens is 2.